The Balaban J connectivity index is 0.000000215. The SMILES string of the molecule is CC(=N[C@H](CO)C(C)C)c1cc(C(C)(C)C)cc(C(C)(C)C)c1O.CC(C)[C@@H](CO)N=C(c1ccccc1)c1cc(C(C)(C)C)cc(C(C)(C)C)c1O.CC(C)[C@@H](CO)N=Cc1cc2ccccc2c(-c2c(-c3ccccc3)ccc3ccccc23)c1O. The molecule has 9 heteroatoms. The van der Waals surface area contributed by atoms with Crippen LogP contribution in [0.2, 0.25) is 0 Å². The first-order valence-corrected chi connectivity index (χ1v) is 31.4. The van der Waals surface area contributed by atoms with Gasteiger partial charge in [-0.3, -0.25) is 15.0 Å². The third kappa shape index (κ3) is 17.0. The standard InChI is InChI=1S/C32H29NO2.C26H37NO2.C21H35NO2/c1-21(2)29(20-34)33-19-25-18-24-13-7-9-15-27(24)31(32(25)35)30-26-14-8-6-12-23(26)16-17-28(30)22-10-4-3-5-11-22;1-17(2)22(16-28)27-23(18-12-10-9-11-13-18)20-14-19(25(3,4)5)15-21(24(20)29)26(6,7)8;1-13(2)18(12-23)22-14(3)16-10-15(20(4,5)6)11-17(19(16)24)21(7,8)9/h3-19,21,29,34-35H,20H2,1-2H3;9-15,17,22,28-29H,16H2,1-8H3;10-11,13,18,23-24H,12H2,1-9H3/t29-;22-;18-/m111/s1. The zero-order valence-corrected chi connectivity index (χ0v) is 56.1. The lowest BCUT2D eigenvalue weighted by Crippen LogP contribution is -2.22. The third-order valence-corrected chi connectivity index (χ3v) is 16.5. The number of hydrogen-bond donors (Lipinski definition) is 6. The molecule has 0 aromatic heterocycles. The molecule has 6 N–H and O–H groups in total. The smallest absolute Gasteiger partial charge is 0.132 e. The third-order valence-electron chi connectivity index (χ3n) is 16.5. The zero-order valence-electron chi connectivity index (χ0n) is 56.1. The first-order valence-electron chi connectivity index (χ1n) is 31.4. The number of phenolic OH excluding ortho intramolecular Hbond substituents is 3. The predicted molar refractivity (Wildman–Crippen MR) is 374 cm³/mol. The van der Waals surface area contributed by atoms with Gasteiger partial charge < -0.3 is 30.6 Å². The second-order valence-corrected chi connectivity index (χ2v) is 28.6. The van der Waals surface area contributed by atoms with Crippen molar-refractivity contribution in [2.45, 2.75) is 171 Å². The topological polar surface area (TPSA) is 158 Å². The van der Waals surface area contributed by atoms with Crippen molar-refractivity contribution >= 4 is 39.2 Å². The van der Waals surface area contributed by atoms with Crippen molar-refractivity contribution in [3.05, 3.63) is 196 Å². The van der Waals surface area contributed by atoms with Gasteiger partial charge in [-0.25, -0.2) is 0 Å². The Morgan fingerprint density at radius 2 is 0.864 bits per heavy atom. The highest BCUT2D eigenvalue weighted by atomic mass is 16.3. The van der Waals surface area contributed by atoms with Crippen LogP contribution in [0.4, 0.5) is 0 Å². The minimum absolute atomic E-state index is 0.0147. The van der Waals surface area contributed by atoms with Gasteiger partial charge in [0, 0.05) is 56.4 Å². The molecule has 0 aliphatic carbocycles. The molecule has 0 unspecified atom stereocenters. The van der Waals surface area contributed by atoms with Crippen LogP contribution >= 0.6 is 0 Å². The van der Waals surface area contributed by atoms with Crippen LogP contribution in [0.25, 0.3) is 43.8 Å². The first-order chi connectivity index (χ1) is 41.2. The highest BCUT2D eigenvalue weighted by molar-refractivity contribution is 6.16. The van der Waals surface area contributed by atoms with Gasteiger partial charge in [0.25, 0.3) is 0 Å². The number of hydrogen-bond acceptors (Lipinski definition) is 9. The van der Waals surface area contributed by atoms with Crippen molar-refractivity contribution in [1.82, 2.24) is 0 Å². The number of aliphatic imine (C=N–C) groups is 3. The van der Waals surface area contributed by atoms with Crippen molar-refractivity contribution < 1.29 is 30.6 Å². The van der Waals surface area contributed by atoms with Gasteiger partial charge in [-0.05, 0) is 108 Å². The zero-order chi connectivity index (χ0) is 65.2. The normalized spacial score (nSPS) is 13.9. The molecule has 0 amide bonds. The van der Waals surface area contributed by atoms with Gasteiger partial charge in [-0.2, -0.15) is 0 Å². The molecule has 9 nitrogen and oxygen atoms in total. The molecule has 0 fully saturated rings. The van der Waals surface area contributed by atoms with Crippen molar-refractivity contribution in [3.63, 3.8) is 0 Å². The maximum Gasteiger partial charge on any atom is 0.132 e. The lowest BCUT2D eigenvalue weighted by molar-refractivity contribution is 0.239. The molecule has 8 aromatic rings. The van der Waals surface area contributed by atoms with Crippen LogP contribution in [0.1, 0.15) is 176 Å². The van der Waals surface area contributed by atoms with E-state index in [4.69, 9.17) is 4.99 Å². The minimum atomic E-state index is -0.235. The van der Waals surface area contributed by atoms with Crippen LogP contribution in [0.5, 0.6) is 17.2 Å². The lowest BCUT2D eigenvalue weighted by atomic mass is 9.78. The summed E-state index contributed by atoms with van der Waals surface area (Å²) < 4.78 is 0. The fourth-order valence-corrected chi connectivity index (χ4v) is 10.6. The number of rotatable bonds is 15. The van der Waals surface area contributed by atoms with E-state index in [2.05, 4.69) is 174 Å². The highest BCUT2D eigenvalue weighted by Gasteiger charge is 2.30. The largest absolute Gasteiger partial charge is 0.507 e. The van der Waals surface area contributed by atoms with E-state index in [1.807, 2.05) is 120 Å². The molecule has 0 aliphatic heterocycles. The molecule has 0 aliphatic rings. The predicted octanol–water partition coefficient (Wildman–Crippen LogP) is 18.1. The fourth-order valence-electron chi connectivity index (χ4n) is 10.6. The van der Waals surface area contributed by atoms with Crippen LogP contribution in [-0.4, -0.2) is 86.2 Å². The Hall–Kier alpha value is -7.43. The van der Waals surface area contributed by atoms with Crippen molar-refractivity contribution in [3.8, 4) is 39.5 Å². The van der Waals surface area contributed by atoms with Crippen LogP contribution < -0.4 is 0 Å². The average Bonchev–Trinajstić information content (AvgIpc) is 1.01. The molecule has 0 saturated carbocycles. The molecule has 8 aromatic carbocycles. The summed E-state index contributed by atoms with van der Waals surface area (Å²) in [5, 5.41) is 67.4. The van der Waals surface area contributed by atoms with Gasteiger partial charge in [-0.1, -0.05) is 258 Å². The fraction of sp³-hybridized carbons (Fsp3) is 0.405. The summed E-state index contributed by atoms with van der Waals surface area (Å²) >= 11 is 0. The number of aliphatic hydroxyl groups is 3. The quantitative estimate of drug-likeness (QED) is 0.0561. The first kappa shape index (κ1) is 69.7. The van der Waals surface area contributed by atoms with E-state index in [0.29, 0.717) is 11.3 Å². The number of benzene rings is 8. The Morgan fingerprint density at radius 1 is 0.432 bits per heavy atom. The molecule has 0 spiro atoms. The molecular weight excluding hydrogens is 1090 g/mol. The van der Waals surface area contributed by atoms with Crippen molar-refractivity contribution in [2.75, 3.05) is 19.8 Å². The summed E-state index contributed by atoms with van der Waals surface area (Å²) in [7, 11) is 0. The van der Waals surface area contributed by atoms with Gasteiger partial charge in [0.05, 0.1) is 43.7 Å². The van der Waals surface area contributed by atoms with Gasteiger partial charge in [0.2, 0.25) is 0 Å². The summed E-state index contributed by atoms with van der Waals surface area (Å²) in [4.78, 5) is 14.2. The summed E-state index contributed by atoms with van der Waals surface area (Å²) in [6.45, 7) is 39.9. The second kappa shape index (κ2) is 29.3. The van der Waals surface area contributed by atoms with Crippen LogP contribution in [0.3, 0.4) is 0 Å². The molecule has 8 rings (SSSR count). The van der Waals surface area contributed by atoms with Crippen molar-refractivity contribution in [2.24, 2.45) is 32.7 Å². The van der Waals surface area contributed by atoms with E-state index >= 15 is 0 Å². The lowest BCUT2D eigenvalue weighted by Gasteiger charge is -2.28. The summed E-state index contributed by atoms with van der Waals surface area (Å²) in [6.07, 6.45) is 1.71. The Labute approximate surface area is 526 Å². The van der Waals surface area contributed by atoms with E-state index in [1.165, 1.54) is 5.56 Å². The molecule has 88 heavy (non-hydrogen) atoms. The van der Waals surface area contributed by atoms with E-state index in [1.54, 1.807) is 6.21 Å². The second-order valence-electron chi connectivity index (χ2n) is 28.6. The number of fused-ring (bicyclic) bond motifs is 2. The summed E-state index contributed by atoms with van der Waals surface area (Å²) in [5.74, 6) is 1.40. The Bertz CT molecular complexity index is 3720. The molecule has 468 valence electrons. The number of aliphatic hydroxyl groups excluding tert-OH is 3. The molecule has 0 saturated heterocycles. The van der Waals surface area contributed by atoms with E-state index < -0.39 is 0 Å². The molecule has 0 heterocycles. The average molecular weight is 1190 g/mol. The Kier molecular flexibility index (Phi) is 23.2. The molecule has 0 bridgehead atoms. The monoisotopic (exact) mass is 1190 g/mol. The number of phenols is 3. The summed E-state index contributed by atoms with van der Waals surface area (Å²) in [6, 6.07) is 50.7. The van der Waals surface area contributed by atoms with Gasteiger partial charge in [-0.15, -0.1) is 0 Å². The maximum atomic E-state index is 11.7. The van der Waals surface area contributed by atoms with Gasteiger partial charge in [0.1, 0.15) is 17.2 Å². The molecular formula is C79H101N3O6. The minimum Gasteiger partial charge on any atom is -0.507 e. The van der Waals surface area contributed by atoms with Crippen LogP contribution in [0.15, 0.2) is 167 Å². The molecule has 3 atom stereocenters. The maximum absolute atomic E-state index is 11.7. The van der Waals surface area contributed by atoms with Gasteiger partial charge in [0.15, 0.2) is 0 Å². The van der Waals surface area contributed by atoms with Gasteiger partial charge >= 0.3 is 0 Å². The van der Waals surface area contributed by atoms with Crippen LogP contribution in [-0.2, 0) is 21.7 Å². The Morgan fingerprint density at radius 3 is 1.34 bits per heavy atom. The number of aromatic hydroxyl groups is 3. The van der Waals surface area contributed by atoms with Crippen LogP contribution in [0, 0.1) is 17.8 Å². The van der Waals surface area contributed by atoms with E-state index in [-0.39, 0.29) is 88.9 Å². The summed E-state index contributed by atoms with van der Waals surface area (Å²) in [5.41, 5.74) is 12.3. The molecule has 0 radical (unpaired) electrons. The van der Waals surface area contributed by atoms with E-state index in [0.717, 1.165) is 88.6 Å². The van der Waals surface area contributed by atoms with E-state index in [9.17, 15) is 30.6 Å². The highest BCUT2D eigenvalue weighted by Crippen LogP contribution is 2.47. The number of nitrogens with zero attached hydrogens (tertiary/aromatic N) is 3. The van der Waals surface area contributed by atoms with Crippen molar-refractivity contribution in [1.29, 1.82) is 0 Å².